The van der Waals surface area contributed by atoms with Crippen LogP contribution in [0.4, 0.5) is 0 Å². The van der Waals surface area contributed by atoms with Crippen LogP contribution in [0, 0.1) is 6.92 Å². The highest BCUT2D eigenvalue weighted by molar-refractivity contribution is 9.10. The lowest BCUT2D eigenvalue weighted by molar-refractivity contribution is 0.413. The molecular weight excluding hydrogens is 328 g/mol. The Morgan fingerprint density at radius 1 is 1.19 bits per heavy atom. The fraction of sp³-hybridized carbons (Fsp3) is 0.353. The summed E-state index contributed by atoms with van der Waals surface area (Å²) in [5.74, 6) is 1.63. The number of hydrogen-bond donors (Lipinski definition) is 1. The van der Waals surface area contributed by atoms with E-state index in [9.17, 15) is 0 Å². The number of pyridine rings is 1. The van der Waals surface area contributed by atoms with Gasteiger partial charge in [-0.2, -0.15) is 0 Å². The van der Waals surface area contributed by atoms with E-state index in [1.165, 1.54) is 5.56 Å². The number of ether oxygens (including phenoxy) is 1. The summed E-state index contributed by atoms with van der Waals surface area (Å²) in [7, 11) is 0. The van der Waals surface area contributed by atoms with E-state index in [-0.39, 0.29) is 5.54 Å². The Kier molecular flexibility index (Phi) is 5.01. The lowest BCUT2D eigenvalue weighted by Crippen LogP contribution is -2.35. The van der Waals surface area contributed by atoms with Gasteiger partial charge in [0.05, 0.1) is 4.47 Å². The number of halogens is 1. The van der Waals surface area contributed by atoms with Gasteiger partial charge in [0.25, 0.3) is 0 Å². The van der Waals surface area contributed by atoms with Crippen molar-refractivity contribution in [3.8, 4) is 11.5 Å². The lowest BCUT2D eigenvalue weighted by Gasteiger charge is -2.21. The monoisotopic (exact) mass is 348 g/mol. The van der Waals surface area contributed by atoms with Crippen molar-refractivity contribution in [3.63, 3.8) is 0 Å². The van der Waals surface area contributed by atoms with Gasteiger partial charge in [-0.1, -0.05) is 6.07 Å². The Morgan fingerprint density at radius 2 is 1.95 bits per heavy atom. The summed E-state index contributed by atoms with van der Waals surface area (Å²) in [5.41, 5.74) is 2.29. The smallest absolute Gasteiger partial charge is 0.141 e. The average molecular weight is 349 g/mol. The van der Waals surface area contributed by atoms with E-state index in [4.69, 9.17) is 4.74 Å². The molecule has 1 heterocycles. The summed E-state index contributed by atoms with van der Waals surface area (Å²) >= 11 is 3.54. The molecule has 2 rings (SSSR count). The van der Waals surface area contributed by atoms with Crippen LogP contribution in [0.25, 0.3) is 0 Å². The van der Waals surface area contributed by atoms with Crippen LogP contribution in [0.3, 0.4) is 0 Å². The zero-order valence-corrected chi connectivity index (χ0v) is 14.5. The fourth-order valence-electron chi connectivity index (χ4n) is 1.81. The van der Waals surface area contributed by atoms with E-state index in [1.54, 1.807) is 6.20 Å². The van der Waals surface area contributed by atoms with Crippen molar-refractivity contribution in [1.29, 1.82) is 0 Å². The zero-order valence-electron chi connectivity index (χ0n) is 12.9. The predicted octanol–water partition coefficient (Wildman–Crippen LogP) is 4.83. The van der Waals surface area contributed by atoms with E-state index in [0.717, 1.165) is 28.1 Å². The van der Waals surface area contributed by atoms with Crippen LogP contribution in [-0.2, 0) is 6.54 Å². The first kappa shape index (κ1) is 16.0. The molecule has 1 aromatic heterocycles. The number of aromatic nitrogens is 1. The second-order valence-corrected chi connectivity index (χ2v) is 6.98. The highest BCUT2D eigenvalue weighted by Gasteiger charge is 2.12. The first-order valence-corrected chi connectivity index (χ1v) is 7.76. The van der Waals surface area contributed by atoms with E-state index < -0.39 is 0 Å². The second kappa shape index (κ2) is 6.58. The van der Waals surface area contributed by atoms with Gasteiger partial charge in [-0.3, -0.25) is 4.98 Å². The summed E-state index contributed by atoms with van der Waals surface area (Å²) < 4.78 is 6.99. The molecule has 0 amide bonds. The average Bonchev–Trinajstić information content (AvgIpc) is 2.40. The molecule has 21 heavy (non-hydrogen) atoms. The van der Waals surface area contributed by atoms with Gasteiger partial charge in [0.2, 0.25) is 0 Å². The molecule has 0 saturated heterocycles. The fourth-order valence-corrected chi connectivity index (χ4v) is 2.39. The largest absolute Gasteiger partial charge is 0.456 e. The molecule has 4 heteroatoms. The molecular formula is C17H21BrN2O. The number of rotatable bonds is 4. The molecule has 2 aromatic rings. The van der Waals surface area contributed by atoms with Crippen molar-refractivity contribution in [2.24, 2.45) is 0 Å². The Hall–Kier alpha value is -1.39. The van der Waals surface area contributed by atoms with Gasteiger partial charge < -0.3 is 10.1 Å². The van der Waals surface area contributed by atoms with Crippen LogP contribution < -0.4 is 10.1 Å². The molecule has 0 radical (unpaired) electrons. The first-order valence-electron chi connectivity index (χ1n) is 6.97. The normalized spacial score (nSPS) is 11.5. The highest BCUT2D eigenvalue weighted by atomic mass is 79.9. The summed E-state index contributed by atoms with van der Waals surface area (Å²) in [6, 6.07) is 7.95. The molecule has 0 bridgehead atoms. The molecule has 0 unspecified atom stereocenters. The summed E-state index contributed by atoms with van der Waals surface area (Å²) in [4.78, 5) is 4.19. The summed E-state index contributed by atoms with van der Waals surface area (Å²) in [5, 5.41) is 3.46. The predicted molar refractivity (Wildman–Crippen MR) is 89.8 cm³/mol. The van der Waals surface area contributed by atoms with Crippen molar-refractivity contribution >= 4 is 15.9 Å². The minimum atomic E-state index is 0.0531. The van der Waals surface area contributed by atoms with Gasteiger partial charge in [-0.25, -0.2) is 0 Å². The molecule has 0 spiro atoms. The SMILES string of the molecule is Cc1ccc(Oc2ccncc2CNC(C)(C)C)c(Br)c1. The van der Waals surface area contributed by atoms with Crippen LogP contribution in [-0.4, -0.2) is 10.5 Å². The highest BCUT2D eigenvalue weighted by Crippen LogP contribution is 2.31. The Morgan fingerprint density at radius 3 is 2.62 bits per heavy atom. The Balaban J connectivity index is 2.20. The second-order valence-electron chi connectivity index (χ2n) is 6.12. The molecule has 0 aliphatic rings. The Labute approximate surface area is 134 Å². The van der Waals surface area contributed by atoms with E-state index in [0.29, 0.717) is 0 Å². The molecule has 0 atom stereocenters. The molecule has 0 saturated carbocycles. The summed E-state index contributed by atoms with van der Waals surface area (Å²) in [6.07, 6.45) is 3.59. The number of aryl methyl sites for hydroxylation is 1. The molecule has 0 aliphatic heterocycles. The quantitative estimate of drug-likeness (QED) is 0.858. The van der Waals surface area contributed by atoms with Gasteiger partial charge in [0.15, 0.2) is 0 Å². The number of benzene rings is 1. The van der Waals surface area contributed by atoms with Crippen molar-refractivity contribution in [3.05, 3.63) is 52.3 Å². The van der Waals surface area contributed by atoms with Crippen molar-refractivity contribution in [2.75, 3.05) is 0 Å². The van der Waals surface area contributed by atoms with E-state index in [2.05, 4.69) is 53.9 Å². The third-order valence-corrected chi connectivity index (χ3v) is 3.60. The van der Waals surface area contributed by atoms with Crippen LogP contribution >= 0.6 is 15.9 Å². The number of nitrogens with zero attached hydrogens (tertiary/aromatic N) is 1. The van der Waals surface area contributed by atoms with Gasteiger partial charge in [0, 0.05) is 30.0 Å². The maximum Gasteiger partial charge on any atom is 0.141 e. The molecule has 112 valence electrons. The van der Waals surface area contributed by atoms with Crippen molar-refractivity contribution in [2.45, 2.75) is 39.8 Å². The standard InChI is InChI=1S/C17H21BrN2O/c1-12-5-6-16(14(18)9-12)21-15-7-8-19-10-13(15)11-20-17(2,3)4/h5-10,20H,11H2,1-4H3. The van der Waals surface area contributed by atoms with E-state index in [1.807, 2.05) is 30.5 Å². The molecule has 3 nitrogen and oxygen atoms in total. The first-order chi connectivity index (χ1) is 9.85. The maximum absolute atomic E-state index is 6.03. The maximum atomic E-state index is 6.03. The van der Waals surface area contributed by atoms with Crippen molar-refractivity contribution in [1.82, 2.24) is 10.3 Å². The summed E-state index contributed by atoms with van der Waals surface area (Å²) in [6.45, 7) is 9.19. The third kappa shape index (κ3) is 4.83. The minimum absolute atomic E-state index is 0.0531. The third-order valence-electron chi connectivity index (χ3n) is 2.98. The molecule has 1 aromatic carbocycles. The van der Waals surface area contributed by atoms with Gasteiger partial charge >= 0.3 is 0 Å². The molecule has 0 aliphatic carbocycles. The lowest BCUT2D eigenvalue weighted by atomic mass is 10.1. The zero-order chi connectivity index (χ0) is 15.5. The van der Waals surface area contributed by atoms with Crippen LogP contribution in [0.1, 0.15) is 31.9 Å². The number of nitrogens with one attached hydrogen (secondary N) is 1. The Bertz CT molecular complexity index is 620. The van der Waals surface area contributed by atoms with Crippen LogP contribution in [0.15, 0.2) is 41.1 Å². The van der Waals surface area contributed by atoms with Gasteiger partial charge in [-0.05, 0) is 67.4 Å². The van der Waals surface area contributed by atoms with Crippen molar-refractivity contribution < 1.29 is 4.74 Å². The molecule has 0 fully saturated rings. The topological polar surface area (TPSA) is 34.1 Å². The van der Waals surface area contributed by atoms with Crippen LogP contribution in [0.5, 0.6) is 11.5 Å². The van der Waals surface area contributed by atoms with Crippen LogP contribution in [0.2, 0.25) is 0 Å². The minimum Gasteiger partial charge on any atom is -0.456 e. The van der Waals surface area contributed by atoms with Gasteiger partial charge in [0.1, 0.15) is 11.5 Å². The van der Waals surface area contributed by atoms with Gasteiger partial charge in [-0.15, -0.1) is 0 Å². The van der Waals surface area contributed by atoms with E-state index >= 15 is 0 Å². The molecule has 1 N–H and O–H groups in total. The number of hydrogen-bond acceptors (Lipinski definition) is 3.